The van der Waals surface area contributed by atoms with Gasteiger partial charge in [0.25, 0.3) is 0 Å². The summed E-state index contributed by atoms with van der Waals surface area (Å²) in [5, 5.41) is 1.21. The lowest BCUT2D eigenvalue weighted by Crippen LogP contribution is -2.28. The van der Waals surface area contributed by atoms with E-state index in [4.69, 9.17) is 0 Å². The minimum atomic E-state index is 0.305. The Morgan fingerprint density at radius 1 is 0.569 bits per heavy atom. The van der Waals surface area contributed by atoms with E-state index in [-0.39, 0.29) is 0 Å². The van der Waals surface area contributed by atoms with Crippen LogP contribution in [0.25, 0.3) is 62.1 Å². The first-order valence-electron chi connectivity index (χ1n) is 17.8. The van der Waals surface area contributed by atoms with Gasteiger partial charge in [-0.1, -0.05) is 140 Å². The summed E-state index contributed by atoms with van der Waals surface area (Å²) in [7, 11) is 0. The molecule has 0 bridgehead atoms. The summed E-state index contributed by atoms with van der Waals surface area (Å²) in [6, 6.07) is 53.4. The van der Waals surface area contributed by atoms with Gasteiger partial charge in [0.05, 0.1) is 17.3 Å². The van der Waals surface area contributed by atoms with Crippen LogP contribution in [0, 0.1) is 0 Å². The highest BCUT2D eigenvalue weighted by Crippen LogP contribution is 2.47. The Balaban J connectivity index is 0.996. The van der Waals surface area contributed by atoms with Gasteiger partial charge < -0.3 is 9.47 Å². The molecule has 2 unspecified atom stereocenters. The number of aromatic nitrogens is 1. The van der Waals surface area contributed by atoms with Crippen LogP contribution in [0.5, 0.6) is 0 Å². The zero-order chi connectivity index (χ0) is 34.3. The Hall–Kier alpha value is -6.38. The van der Waals surface area contributed by atoms with Crippen LogP contribution in [0.15, 0.2) is 183 Å². The van der Waals surface area contributed by atoms with Crippen LogP contribution in [-0.4, -0.2) is 10.6 Å². The topological polar surface area (TPSA) is 8.17 Å². The summed E-state index contributed by atoms with van der Waals surface area (Å²) in [6.45, 7) is 6.19. The van der Waals surface area contributed by atoms with Gasteiger partial charge in [0.2, 0.25) is 0 Å². The summed E-state index contributed by atoms with van der Waals surface area (Å²) in [4.78, 5) is 2.48. The minimum Gasteiger partial charge on any atom is -0.333 e. The Morgan fingerprint density at radius 3 is 1.82 bits per heavy atom. The molecule has 0 saturated carbocycles. The quantitative estimate of drug-likeness (QED) is 0.166. The maximum absolute atomic E-state index is 4.12. The lowest BCUT2D eigenvalue weighted by molar-refractivity contribution is 0.745. The van der Waals surface area contributed by atoms with E-state index in [9.17, 15) is 0 Å². The van der Waals surface area contributed by atoms with E-state index in [0.29, 0.717) is 12.0 Å². The number of fused-ring (bicyclic) bond motifs is 4. The first kappa shape index (κ1) is 30.7. The number of nitrogens with zero attached hydrogens (tertiary/aromatic N) is 2. The molecule has 0 spiro atoms. The molecule has 1 aliphatic heterocycles. The van der Waals surface area contributed by atoms with Crippen LogP contribution in [0.2, 0.25) is 0 Å². The second-order valence-electron chi connectivity index (χ2n) is 13.3. The monoisotopic (exact) mass is 654 g/mol. The summed E-state index contributed by atoms with van der Waals surface area (Å²) >= 11 is 0. The van der Waals surface area contributed by atoms with Gasteiger partial charge >= 0.3 is 0 Å². The van der Waals surface area contributed by atoms with Gasteiger partial charge in [-0.3, -0.25) is 0 Å². The molecule has 2 aliphatic rings. The van der Waals surface area contributed by atoms with Crippen molar-refractivity contribution in [2.45, 2.75) is 18.9 Å². The molecule has 0 amide bonds. The molecule has 51 heavy (non-hydrogen) atoms. The Kier molecular flexibility index (Phi) is 7.71. The third-order valence-corrected chi connectivity index (χ3v) is 10.4. The van der Waals surface area contributed by atoms with Crippen molar-refractivity contribution in [3.05, 3.63) is 199 Å². The summed E-state index contributed by atoms with van der Waals surface area (Å²) in [6.07, 6.45) is 15.2. The molecule has 2 heterocycles. The molecule has 1 aliphatic carbocycles. The predicted molar refractivity (Wildman–Crippen MR) is 218 cm³/mol. The number of rotatable bonds is 7. The molecule has 0 radical (unpaired) electrons. The standard InChI is InChI=1S/C49H38N2/c1-3-13-46-42(4-2)43-18-5-8-21-47(43)50(46)40-28-24-34(25-29-40)36-14-11-16-38(32-36)39-17-12-15-37(33-39)35-26-30-41(31-27-35)51-48-22-9-6-19-44(48)45-20-7-10-23-49(45)51/h3-33,44,48H,2H2,1H3/b13-3-. The molecule has 1 aromatic heterocycles. The van der Waals surface area contributed by atoms with Crippen molar-refractivity contribution in [2.75, 3.05) is 4.90 Å². The number of hydrogen-bond acceptors (Lipinski definition) is 1. The SMILES string of the molecule is C=Cc1c(/C=C\C)n(-c2ccc(-c3cccc(-c4cccc(-c5ccc(N6c7ccccc7C7C=CC=CC76)cc5)c4)c3)cc2)c2ccccc12. The molecule has 2 heteroatoms. The fourth-order valence-electron chi connectivity index (χ4n) is 8.06. The lowest BCUT2D eigenvalue weighted by atomic mass is 9.91. The second kappa shape index (κ2) is 12.8. The summed E-state index contributed by atoms with van der Waals surface area (Å²) < 4.78 is 2.33. The smallest absolute Gasteiger partial charge is 0.0629 e. The molecular formula is C49H38N2. The highest BCUT2D eigenvalue weighted by molar-refractivity contribution is 5.95. The van der Waals surface area contributed by atoms with E-state index in [2.05, 4.69) is 205 Å². The fourth-order valence-corrected chi connectivity index (χ4v) is 8.06. The molecule has 6 aromatic carbocycles. The average Bonchev–Trinajstić information content (AvgIpc) is 3.70. The molecule has 2 atom stereocenters. The molecule has 0 fully saturated rings. The molecule has 7 aromatic rings. The molecule has 244 valence electrons. The minimum absolute atomic E-state index is 0.305. The molecule has 2 nitrogen and oxygen atoms in total. The van der Waals surface area contributed by atoms with Gasteiger partial charge in [-0.2, -0.15) is 0 Å². The number of hydrogen-bond donors (Lipinski definition) is 0. The van der Waals surface area contributed by atoms with Crippen LogP contribution < -0.4 is 4.90 Å². The van der Waals surface area contributed by atoms with E-state index >= 15 is 0 Å². The van der Waals surface area contributed by atoms with Crippen molar-refractivity contribution in [3.8, 4) is 39.1 Å². The fraction of sp³-hybridized carbons (Fsp3) is 0.0612. The second-order valence-corrected chi connectivity index (χ2v) is 13.3. The number of allylic oxidation sites excluding steroid dienone is 3. The van der Waals surface area contributed by atoms with Crippen molar-refractivity contribution in [1.29, 1.82) is 0 Å². The van der Waals surface area contributed by atoms with Crippen LogP contribution in [0.4, 0.5) is 11.4 Å². The van der Waals surface area contributed by atoms with Crippen molar-refractivity contribution in [2.24, 2.45) is 0 Å². The van der Waals surface area contributed by atoms with E-state index in [1.807, 2.05) is 6.08 Å². The number of anilines is 2. The first-order chi connectivity index (χ1) is 25.2. The van der Waals surface area contributed by atoms with Crippen LogP contribution in [0.1, 0.15) is 29.7 Å². The predicted octanol–water partition coefficient (Wildman–Crippen LogP) is 13.0. The Morgan fingerprint density at radius 2 is 1.16 bits per heavy atom. The van der Waals surface area contributed by atoms with Gasteiger partial charge in [-0.05, 0) is 100 Å². The van der Waals surface area contributed by atoms with Crippen molar-refractivity contribution in [1.82, 2.24) is 4.57 Å². The largest absolute Gasteiger partial charge is 0.333 e. The third kappa shape index (κ3) is 5.28. The lowest BCUT2D eigenvalue weighted by Gasteiger charge is -2.28. The van der Waals surface area contributed by atoms with Crippen LogP contribution in [-0.2, 0) is 0 Å². The van der Waals surface area contributed by atoms with Crippen molar-refractivity contribution in [3.63, 3.8) is 0 Å². The summed E-state index contributed by atoms with van der Waals surface area (Å²) in [5.74, 6) is 0.387. The van der Waals surface area contributed by atoms with Gasteiger partial charge in [-0.25, -0.2) is 0 Å². The zero-order valence-corrected chi connectivity index (χ0v) is 28.7. The Bertz CT molecular complexity index is 2510. The van der Waals surface area contributed by atoms with Crippen LogP contribution in [0.3, 0.4) is 0 Å². The Labute approximate surface area is 300 Å². The maximum Gasteiger partial charge on any atom is 0.0629 e. The highest BCUT2D eigenvalue weighted by atomic mass is 15.2. The molecule has 0 N–H and O–H groups in total. The third-order valence-electron chi connectivity index (χ3n) is 10.4. The van der Waals surface area contributed by atoms with E-state index < -0.39 is 0 Å². The van der Waals surface area contributed by atoms with Gasteiger partial charge in [-0.15, -0.1) is 0 Å². The average molecular weight is 655 g/mol. The van der Waals surface area contributed by atoms with Crippen molar-refractivity contribution < 1.29 is 0 Å². The van der Waals surface area contributed by atoms with Crippen molar-refractivity contribution >= 4 is 34.4 Å². The van der Waals surface area contributed by atoms with Gasteiger partial charge in [0.1, 0.15) is 0 Å². The van der Waals surface area contributed by atoms with E-state index in [1.54, 1.807) is 0 Å². The number of benzene rings is 6. The molecule has 0 saturated heterocycles. The van der Waals surface area contributed by atoms with Gasteiger partial charge in [0.15, 0.2) is 0 Å². The molecular weight excluding hydrogens is 617 g/mol. The van der Waals surface area contributed by atoms with Crippen LogP contribution >= 0.6 is 0 Å². The first-order valence-corrected chi connectivity index (χ1v) is 17.8. The number of para-hydroxylation sites is 2. The zero-order valence-electron chi connectivity index (χ0n) is 28.7. The molecule has 9 rings (SSSR count). The highest BCUT2D eigenvalue weighted by Gasteiger charge is 2.36. The normalized spacial score (nSPS) is 16.1. The van der Waals surface area contributed by atoms with E-state index in [1.165, 1.54) is 61.2 Å². The van der Waals surface area contributed by atoms with E-state index in [0.717, 1.165) is 16.9 Å². The maximum atomic E-state index is 4.12. The summed E-state index contributed by atoms with van der Waals surface area (Å²) in [5.41, 5.74) is 15.7. The van der Waals surface area contributed by atoms with Gasteiger partial charge in [0, 0.05) is 33.9 Å².